The molecule has 6 nitrogen and oxygen atoms in total. The molecule has 0 saturated heterocycles. The second-order valence-electron chi connectivity index (χ2n) is 4.15. The molecule has 80 valence electrons. The molecule has 7 heteroatoms. The maximum absolute atomic E-state index is 11.0. The first-order valence-corrected chi connectivity index (χ1v) is 6.04. The van der Waals surface area contributed by atoms with Gasteiger partial charge in [0.2, 0.25) is 0 Å². The van der Waals surface area contributed by atoms with E-state index < -0.39 is 30.7 Å². The minimum Gasteiger partial charge on any atom is -0.480 e. The highest BCUT2D eigenvalue weighted by atomic mass is 31.2. The Hall–Kier alpha value is -0.420. The highest BCUT2D eigenvalue weighted by molar-refractivity contribution is 7.53. The van der Waals surface area contributed by atoms with Gasteiger partial charge < -0.3 is 20.6 Å². The SMILES string of the molecule is N[C@]1(C(=O)O)CC[C@H]2[C@@H]1[C@H]2P(=O)(O)O. The van der Waals surface area contributed by atoms with Gasteiger partial charge in [-0.05, 0) is 18.8 Å². The minimum absolute atomic E-state index is 0.197. The molecule has 0 bridgehead atoms. The fourth-order valence-electron chi connectivity index (χ4n) is 2.67. The summed E-state index contributed by atoms with van der Waals surface area (Å²) in [5.74, 6) is -1.89. The Morgan fingerprint density at radius 1 is 1.50 bits per heavy atom. The summed E-state index contributed by atoms with van der Waals surface area (Å²) < 4.78 is 11.0. The van der Waals surface area contributed by atoms with Crippen molar-refractivity contribution >= 4 is 13.6 Å². The van der Waals surface area contributed by atoms with Crippen molar-refractivity contribution in [1.82, 2.24) is 0 Å². The second-order valence-corrected chi connectivity index (χ2v) is 5.93. The van der Waals surface area contributed by atoms with E-state index in [-0.39, 0.29) is 5.92 Å². The molecule has 0 spiro atoms. The van der Waals surface area contributed by atoms with Crippen LogP contribution in [0.1, 0.15) is 12.8 Å². The van der Waals surface area contributed by atoms with E-state index >= 15 is 0 Å². The standard InChI is InChI=1S/C7H12NO5P/c8-7(6(9)10)2-1-3-4(7)5(3)14(11,12)13/h3-5H,1-2,8H2,(H,9,10)(H2,11,12,13)/t3-,4+,5-,7+/m0/s1. The van der Waals surface area contributed by atoms with Crippen molar-refractivity contribution in [3.63, 3.8) is 0 Å². The molecule has 0 aromatic heterocycles. The Bertz CT molecular complexity index is 339. The van der Waals surface area contributed by atoms with Gasteiger partial charge in [-0.15, -0.1) is 0 Å². The van der Waals surface area contributed by atoms with Crippen LogP contribution in [0.25, 0.3) is 0 Å². The van der Waals surface area contributed by atoms with Crippen LogP contribution >= 0.6 is 7.60 Å². The minimum atomic E-state index is -4.17. The smallest absolute Gasteiger partial charge is 0.329 e. The monoisotopic (exact) mass is 221 g/mol. The first-order valence-electron chi connectivity index (χ1n) is 4.36. The molecule has 2 rings (SSSR count). The summed E-state index contributed by atoms with van der Waals surface area (Å²) in [5, 5.41) is 8.88. The highest BCUT2D eigenvalue weighted by Gasteiger charge is 2.72. The first kappa shape index (κ1) is 10.1. The summed E-state index contributed by atoms with van der Waals surface area (Å²) in [4.78, 5) is 28.7. The first-order chi connectivity index (χ1) is 6.28. The number of carboxylic acid groups (broad SMARTS) is 1. The fourth-order valence-corrected chi connectivity index (χ4v) is 4.31. The van der Waals surface area contributed by atoms with E-state index in [2.05, 4.69) is 0 Å². The van der Waals surface area contributed by atoms with E-state index in [1.165, 1.54) is 0 Å². The van der Waals surface area contributed by atoms with E-state index in [4.69, 9.17) is 20.6 Å². The molecule has 4 atom stereocenters. The summed E-state index contributed by atoms with van der Waals surface area (Å²) in [6, 6.07) is 0. The quantitative estimate of drug-likeness (QED) is 0.460. The number of fused-ring (bicyclic) bond motifs is 1. The molecule has 2 aliphatic rings. The summed E-state index contributed by atoms with van der Waals surface area (Å²) in [6.45, 7) is 0. The van der Waals surface area contributed by atoms with Gasteiger partial charge in [-0.25, -0.2) is 0 Å². The summed E-state index contributed by atoms with van der Waals surface area (Å²) in [5.41, 5.74) is 3.39. The number of aliphatic carboxylic acids is 1. The predicted octanol–water partition coefficient (Wildman–Crippen LogP) is -0.645. The molecule has 0 radical (unpaired) electrons. The summed E-state index contributed by atoms with van der Waals surface area (Å²) >= 11 is 0. The van der Waals surface area contributed by atoms with Gasteiger partial charge in [-0.1, -0.05) is 0 Å². The van der Waals surface area contributed by atoms with Gasteiger partial charge >= 0.3 is 13.6 Å². The van der Waals surface area contributed by atoms with Gasteiger partial charge in [0.15, 0.2) is 0 Å². The van der Waals surface area contributed by atoms with E-state index in [1.54, 1.807) is 0 Å². The third-order valence-electron chi connectivity index (χ3n) is 3.40. The lowest BCUT2D eigenvalue weighted by Gasteiger charge is -2.22. The number of rotatable bonds is 2. The van der Waals surface area contributed by atoms with Crippen molar-refractivity contribution in [1.29, 1.82) is 0 Å². The maximum Gasteiger partial charge on any atom is 0.329 e. The van der Waals surface area contributed by atoms with Gasteiger partial charge in [0.25, 0.3) is 0 Å². The Morgan fingerprint density at radius 3 is 2.43 bits per heavy atom. The van der Waals surface area contributed by atoms with Crippen molar-refractivity contribution in [2.45, 2.75) is 24.0 Å². The van der Waals surface area contributed by atoms with Gasteiger partial charge in [0, 0.05) is 5.92 Å². The van der Waals surface area contributed by atoms with Crippen LogP contribution in [0.15, 0.2) is 0 Å². The zero-order valence-electron chi connectivity index (χ0n) is 7.33. The van der Waals surface area contributed by atoms with Crippen molar-refractivity contribution in [3.8, 4) is 0 Å². The topological polar surface area (TPSA) is 121 Å². The van der Waals surface area contributed by atoms with Gasteiger partial charge in [-0.3, -0.25) is 9.36 Å². The lowest BCUT2D eigenvalue weighted by Crippen LogP contribution is -2.49. The van der Waals surface area contributed by atoms with Crippen LogP contribution in [-0.4, -0.2) is 32.1 Å². The fraction of sp³-hybridized carbons (Fsp3) is 0.857. The molecule has 0 aliphatic heterocycles. The average molecular weight is 221 g/mol. The normalized spacial score (nSPS) is 46.1. The molecule has 0 aromatic rings. The second kappa shape index (κ2) is 2.58. The third kappa shape index (κ3) is 1.15. The number of nitrogens with two attached hydrogens (primary N) is 1. The molecule has 0 aromatic carbocycles. The zero-order valence-corrected chi connectivity index (χ0v) is 8.22. The number of hydrogen-bond donors (Lipinski definition) is 4. The summed E-state index contributed by atoms with van der Waals surface area (Å²) in [6.07, 6.45) is 0.817. The average Bonchev–Trinajstić information content (AvgIpc) is 2.66. The molecule has 0 heterocycles. The van der Waals surface area contributed by atoms with Gasteiger partial charge in [-0.2, -0.15) is 0 Å². The van der Waals surface area contributed by atoms with Crippen molar-refractivity contribution in [2.24, 2.45) is 17.6 Å². The Kier molecular flexibility index (Phi) is 1.86. The third-order valence-corrected chi connectivity index (χ3v) is 4.88. The number of hydrogen-bond acceptors (Lipinski definition) is 3. The molecule has 2 aliphatic carbocycles. The molecule has 2 saturated carbocycles. The maximum atomic E-state index is 11.0. The van der Waals surface area contributed by atoms with E-state index in [0.29, 0.717) is 12.8 Å². The molecular formula is C7H12NO5P. The molecule has 5 N–H and O–H groups in total. The van der Waals surface area contributed by atoms with Crippen LogP contribution in [0, 0.1) is 11.8 Å². The lowest BCUT2D eigenvalue weighted by molar-refractivity contribution is -0.143. The molecular weight excluding hydrogens is 209 g/mol. The molecule has 2 fully saturated rings. The zero-order chi connectivity index (χ0) is 10.7. The molecule has 14 heavy (non-hydrogen) atoms. The summed E-state index contributed by atoms with van der Waals surface area (Å²) in [7, 11) is -4.17. The van der Waals surface area contributed by atoms with Crippen molar-refractivity contribution in [3.05, 3.63) is 0 Å². The van der Waals surface area contributed by atoms with E-state index in [1.807, 2.05) is 0 Å². The van der Waals surface area contributed by atoms with Gasteiger partial charge in [0.05, 0.1) is 5.66 Å². The highest BCUT2D eigenvalue weighted by Crippen LogP contribution is 2.70. The van der Waals surface area contributed by atoms with Crippen molar-refractivity contribution < 1.29 is 24.3 Å². The van der Waals surface area contributed by atoms with Crippen LogP contribution in [-0.2, 0) is 9.36 Å². The molecule has 0 unspecified atom stereocenters. The van der Waals surface area contributed by atoms with Crippen LogP contribution < -0.4 is 5.73 Å². The van der Waals surface area contributed by atoms with E-state index in [0.717, 1.165) is 0 Å². The predicted molar refractivity (Wildman–Crippen MR) is 46.6 cm³/mol. The Labute approximate surface area is 80.3 Å². The largest absolute Gasteiger partial charge is 0.480 e. The number of carbonyl (C=O) groups is 1. The lowest BCUT2D eigenvalue weighted by atomic mass is 9.95. The van der Waals surface area contributed by atoms with Crippen LogP contribution in [0.3, 0.4) is 0 Å². The van der Waals surface area contributed by atoms with Gasteiger partial charge in [0.1, 0.15) is 5.54 Å². The van der Waals surface area contributed by atoms with Crippen LogP contribution in [0.5, 0.6) is 0 Å². The molecule has 0 amide bonds. The van der Waals surface area contributed by atoms with Crippen LogP contribution in [0.2, 0.25) is 0 Å². The van der Waals surface area contributed by atoms with Crippen LogP contribution in [0.4, 0.5) is 0 Å². The Morgan fingerprint density at radius 2 is 2.07 bits per heavy atom. The Balaban J connectivity index is 2.23. The van der Waals surface area contributed by atoms with Crippen molar-refractivity contribution in [2.75, 3.05) is 0 Å². The number of carboxylic acids is 1. The van der Waals surface area contributed by atoms with E-state index in [9.17, 15) is 9.36 Å².